The number of nitrogens with one attached hydrogen (secondary N) is 2. The molecule has 1 fully saturated rings. The molecule has 1 aromatic carbocycles. The molecule has 2 atom stereocenters. The zero-order valence-corrected chi connectivity index (χ0v) is 15.2. The Labute approximate surface area is 156 Å². The molecule has 1 saturated carbocycles. The molecule has 2 unspecified atom stereocenters. The number of carbonyl (C=O) groups is 1. The van der Waals surface area contributed by atoms with Crippen molar-refractivity contribution in [1.82, 2.24) is 14.9 Å². The third-order valence-corrected chi connectivity index (χ3v) is 5.36. The van der Waals surface area contributed by atoms with Crippen LogP contribution in [0, 0.1) is 11.8 Å². The molecule has 26 heavy (non-hydrogen) atoms. The first-order valence-electron chi connectivity index (χ1n) is 8.71. The van der Waals surface area contributed by atoms with E-state index in [1.165, 1.54) is 11.5 Å². The summed E-state index contributed by atoms with van der Waals surface area (Å²) in [7, 11) is 0. The van der Waals surface area contributed by atoms with Gasteiger partial charge in [-0.15, -0.1) is 5.10 Å². The van der Waals surface area contributed by atoms with Crippen molar-refractivity contribution in [1.29, 1.82) is 0 Å². The molecular formula is C18H21N5O2S. The minimum atomic E-state index is -0.203. The van der Waals surface area contributed by atoms with E-state index in [9.17, 15) is 9.59 Å². The Balaban J connectivity index is 1.44. The van der Waals surface area contributed by atoms with E-state index in [-0.39, 0.29) is 6.03 Å². The maximum absolute atomic E-state index is 12.1. The molecule has 1 aromatic heterocycles. The number of benzene rings is 1. The molecule has 3 rings (SSSR count). The maximum Gasteiger partial charge on any atom is 0.319 e. The van der Waals surface area contributed by atoms with Crippen LogP contribution >= 0.6 is 11.5 Å². The molecule has 2 aromatic rings. The maximum atomic E-state index is 12.1. The number of aliphatic imine (C=N–C) groups is 1. The number of anilines is 1. The minimum Gasteiger partial charge on any atom is -0.338 e. The Bertz CT molecular complexity index is 756. The van der Waals surface area contributed by atoms with Gasteiger partial charge in [-0.25, -0.2) is 14.6 Å². The number of nitrogens with zero attached hydrogens (tertiary/aromatic N) is 3. The van der Waals surface area contributed by atoms with Gasteiger partial charge in [-0.05, 0) is 60.3 Å². The summed E-state index contributed by atoms with van der Waals surface area (Å²) in [5, 5.41) is 9.62. The Morgan fingerprint density at radius 1 is 1.27 bits per heavy atom. The van der Waals surface area contributed by atoms with E-state index in [1.807, 2.05) is 24.3 Å². The van der Waals surface area contributed by atoms with Crippen molar-refractivity contribution in [2.75, 3.05) is 18.4 Å². The largest absolute Gasteiger partial charge is 0.338 e. The number of hydrogen-bond acceptors (Lipinski definition) is 6. The summed E-state index contributed by atoms with van der Waals surface area (Å²) in [6, 6.07) is 7.39. The molecule has 8 heteroatoms. The molecular weight excluding hydrogens is 350 g/mol. The molecule has 136 valence electrons. The number of hydrogen-bond donors (Lipinski definition) is 2. The van der Waals surface area contributed by atoms with Crippen LogP contribution in [0.1, 0.15) is 25.7 Å². The summed E-state index contributed by atoms with van der Waals surface area (Å²) >= 11 is 1.34. The van der Waals surface area contributed by atoms with Gasteiger partial charge in [0.15, 0.2) is 0 Å². The highest BCUT2D eigenvalue weighted by molar-refractivity contribution is 7.09. The lowest BCUT2D eigenvalue weighted by Crippen LogP contribution is -2.35. The molecule has 1 heterocycles. The fraction of sp³-hybridized carbons (Fsp3) is 0.444. The second-order valence-electron chi connectivity index (χ2n) is 6.52. The third kappa shape index (κ3) is 5.21. The van der Waals surface area contributed by atoms with Gasteiger partial charge in [-0.3, -0.25) is 0 Å². The van der Waals surface area contributed by atoms with Crippen LogP contribution in [0.15, 0.2) is 35.5 Å². The first kappa shape index (κ1) is 18.2. The smallest absolute Gasteiger partial charge is 0.319 e. The molecule has 7 nitrogen and oxygen atoms in total. The second kappa shape index (κ2) is 9.22. The fourth-order valence-corrected chi connectivity index (χ4v) is 3.86. The van der Waals surface area contributed by atoms with Gasteiger partial charge in [0.25, 0.3) is 0 Å². The minimum absolute atomic E-state index is 0.203. The Morgan fingerprint density at radius 2 is 2.08 bits per heavy atom. The zero-order chi connectivity index (χ0) is 18.2. The Morgan fingerprint density at radius 3 is 2.81 bits per heavy atom. The quantitative estimate of drug-likeness (QED) is 0.600. The summed E-state index contributed by atoms with van der Waals surface area (Å²) in [5.41, 5.74) is 1.77. The summed E-state index contributed by atoms with van der Waals surface area (Å²) in [6.45, 7) is 1.19. The highest BCUT2D eigenvalue weighted by Gasteiger charge is 2.22. The van der Waals surface area contributed by atoms with Crippen molar-refractivity contribution >= 4 is 29.3 Å². The van der Waals surface area contributed by atoms with Crippen molar-refractivity contribution in [3.8, 4) is 10.4 Å². The first-order valence-corrected chi connectivity index (χ1v) is 9.48. The molecule has 0 aliphatic heterocycles. The normalized spacial score (nSPS) is 19.4. The van der Waals surface area contributed by atoms with Crippen LogP contribution in [0.25, 0.3) is 10.4 Å². The average molecular weight is 371 g/mol. The zero-order valence-electron chi connectivity index (χ0n) is 14.4. The van der Waals surface area contributed by atoms with Crippen LogP contribution in [0.5, 0.6) is 0 Å². The van der Waals surface area contributed by atoms with Crippen molar-refractivity contribution in [3.63, 3.8) is 0 Å². The Hall–Kier alpha value is -2.57. The Kier molecular flexibility index (Phi) is 6.46. The summed E-state index contributed by atoms with van der Waals surface area (Å²) < 4.78 is 3.85. The van der Waals surface area contributed by atoms with Gasteiger partial charge in [0, 0.05) is 12.2 Å². The van der Waals surface area contributed by atoms with E-state index >= 15 is 0 Å². The monoisotopic (exact) mass is 371 g/mol. The molecule has 2 N–H and O–H groups in total. The van der Waals surface area contributed by atoms with Crippen molar-refractivity contribution in [2.45, 2.75) is 25.7 Å². The van der Waals surface area contributed by atoms with Crippen LogP contribution in [0.4, 0.5) is 10.5 Å². The topological polar surface area (TPSA) is 96.3 Å². The average Bonchev–Trinajstić information content (AvgIpc) is 3.20. The highest BCUT2D eigenvalue weighted by atomic mass is 32.1. The summed E-state index contributed by atoms with van der Waals surface area (Å²) in [5.74, 6) is 0.858. The van der Waals surface area contributed by atoms with E-state index in [0.29, 0.717) is 24.9 Å². The van der Waals surface area contributed by atoms with Crippen LogP contribution in [-0.2, 0) is 4.79 Å². The van der Waals surface area contributed by atoms with E-state index in [1.54, 1.807) is 12.3 Å². The van der Waals surface area contributed by atoms with Gasteiger partial charge < -0.3 is 10.6 Å². The summed E-state index contributed by atoms with van der Waals surface area (Å²) in [4.78, 5) is 27.0. The standard InChI is InChI=1S/C18H21N5O2S/c24-12-19-9-13-2-1-3-14(8-13)10-20-18(25)22-16-6-4-15(5-7-16)17-11-21-23-26-17/h4-7,11,13-14H,1-3,8-10H2,(H2,20,22,25). The fourth-order valence-electron chi connectivity index (χ4n) is 3.34. The van der Waals surface area contributed by atoms with Gasteiger partial charge in [-0.1, -0.05) is 23.0 Å². The van der Waals surface area contributed by atoms with E-state index in [4.69, 9.17) is 0 Å². The van der Waals surface area contributed by atoms with Crippen LogP contribution in [-0.4, -0.2) is 34.8 Å². The molecule has 0 bridgehead atoms. The lowest BCUT2D eigenvalue weighted by atomic mass is 9.81. The lowest BCUT2D eigenvalue weighted by Gasteiger charge is -2.28. The van der Waals surface area contributed by atoms with Crippen molar-refractivity contribution in [2.24, 2.45) is 16.8 Å². The first-order chi connectivity index (χ1) is 12.7. The predicted octanol–water partition coefficient (Wildman–Crippen LogP) is 3.47. The van der Waals surface area contributed by atoms with E-state index in [0.717, 1.165) is 41.8 Å². The van der Waals surface area contributed by atoms with Crippen LogP contribution < -0.4 is 10.6 Å². The van der Waals surface area contributed by atoms with Crippen molar-refractivity contribution in [3.05, 3.63) is 30.5 Å². The van der Waals surface area contributed by atoms with Gasteiger partial charge in [0.05, 0.1) is 17.6 Å². The van der Waals surface area contributed by atoms with Crippen LogP contribution in [0.2, 0.25) is 0 Å². The predicted molar refractivity (Wildman–Crippen MR) is 101 cm³/mol. The molecule has 1 aliphatic carbocycles. The molecule has 2 amide bonds. The van der Waals surface area contributed by atoms with E-state index < -0.39 is 0 Å². The number of amides is 2. The molecule has 0 saturated heterocycles. The number of isocyanates is 1. The second-order valence-corrected chi connectivity index (χ2v) is 7.31. The van der Waals surface area contributed by atoms with Gasteiger partial charge in [0.2, 0.25) is 6.08 Å². The highest BCUT2D eigenvalue weighted by Crippen LogP contribution is 2.29. The van der Waals surface area contributed by atoms with Gasteiger partial charge >= 0.3 is 6.03 Å². The van der Waals surface area contributed by atoms with Gasteiger partial charge in [0.1, 0.15) is 0 Å². The SMILES string of the molecule is O=C=NCC1CCCC(CNC(=O)Nc2ccc(-c3cnns3)cc2)C1. The van der Waals surface area contributed by atoms with Crippen LogP contribution in [0.3, 0.4) is 0 Å². The van der Waals surface area contributed by atoms with E-state index in [2.05, 4.69) is 25.2 Å². The van der Waals surface area contributed by atoms with Gasteiger partial charge in [-0.2, -0.15) is 0 Å². The third-order valence-electron chi connectivity index (χ3n) is 4.65. The molecule has 1 aliphatic rings. The number of aromatic nitrogens is 2. The lowest BCUT2D eigenvalue weighted by molar-refractivity contribution is 0.239. The number of carbonyl (C=O) groups excluding carboxylic acids is 2. The summed E-state index contributed by atoms with van der Waals surface area (Å²) in [6.07, 6.45) is 7.62. The number of urea groups is 1. The molecule has 0 spiro atoms. The number of rotatable bonds is 6. The van der Waals surface area contributed by atoms with Crippen molar-refractivity contribution < 1.29 is 9.59 Å². The molecule has 0 radical (unpaired) electrons.